The summed E-state index contributed by atoms with van der Waals surface area (Å²) in [5.74, 6) is 0.538. The van der Waals surface area contributed by atoms with Crippen LogP contribution in [0.4, 0.5) is 5.82 Å². The van der Waals surface area contributed by atoms with Gasteiger partial charge in [-0.25, -0.2) is 4.98 Å². The van der Waals surface area contributed by atoms with Gasteiger partial charge in [-0.3, -0.25) is 4.98 Å². The van der Waals surface area contributed by atoms with Gasteiger partial charge in [0.25, 0.3) is 0 Å². The fourth-order valence-corrected chi connectivity index (χ4v) is 1.92. The summed E-state index contributed by atoms with van der Waals surface area (Å²) in [5.41, 5.74) is 11.4. The molecule has 3 nitrogen and oxygen atoms in total. The van der Waals surface area contributed by atoms with E-state index in [-0.39, 0.29) is 0 Å². The van der Waals surface area contributed by atoms with Gasteiger partial charge in [-0.15, -0.1) is 0 Å². The molecule has 0 aliphatic rings. The van der Waals surface area contributed by atoms with E-state index in [4.69, 9.17) is 5.73 Å². The number of hydrogen-bond acceptors (Lipinski definition) is 3. The highest BCUT2D eigenvalue weighted by atomic mass is 14.8. The molecule has 2 rings (SSSR count). The number of hydrogen-bond donors (Lipinski definition) is 1. The number of nitrogen functional groups attached to an aromatic ring is 1. The van der Waals surface area contributed by atoms with Gasteiger partial charge in [-0.05, 0) is 44.0 Å². The van der Waals surface area contributed by atoms with Crippen molar-refractivity contribution >= 4 is 11.9 Å². The summed E-state index contributed by atoms with van der Waals surface area (Å²) < 4.78 is 0. The van der Waals surface area contributed by atoms with Gasteiger partial charge in [-0.1, -0.05) is 18.6 Å². The molecule has 0 bridgehead atoms. The van der Waals surface area contributed by atoms with Crippen molar-refractivity contribution in [1.82, 2.24) is 9.97 Å². The molecular weight excluding hydrogens is 234 g/mol. The molecule has 0 saturated carbocycles. The molecule has 0 amide bonds. The molecule has 0 aliphatic carbocycles. The van der Waals surface area contributed by atoms with Crippen molar-refractivity contribution < 1.29 is 0 Å². The third kappa shape index (κ3) is 2.99. The number of aromatic nitrogens is 2. The first-order chi connectivity index (χ1) is 9.11. The molecule has 0 spiro atoms. The minimum absolute atomic E-state index is 0.538. The molecule has 19 heavy (non-hydrogen) atoms. The van der Waals surface area contributed by atoms with Crippen LogP contribution >= 0.6 is 0 Å². The van der Waals surface area contributed by atoms with Gasteiger partial charge in [0.1, 0.15) is 5.82 Å². The van der Waals surface area contributed by atoms with Crippen LogP contribution in [-0.4, -0.2) is 9.97 Å². The molecule has 0 radical (unpaired) electrons. The van der Waals surface area contributed by atoms with Gasteiger partial charge in [0.2, 0.25) is 0 Å². The summed E-state index contributed by atoms with van der Waals surface area (Å²) in [5, 5.41) is 0. The maximum absolute atomic E-state index is 5.64. The Labute approximate surface area is 114 Å². The fraction of sp³-hybridized carbons (Fsp3) is 0.250. The molecule has 0 saturated heterocycles. The molecule has 2 N–H and O–H groups in total. The molecule has 2 heterocycles. The van der Waals surface area contributed by atoms with E-state index >= 15 is 0 Å². The van der Waals surface area contributed by atoms with Crippen molar-refractivity contribution in [3.05, 3.63) is 47.4 Å². The minimum atomic E-state index is 0.538. The van der Waals surface area contributed by atoms with Crippen molar-refractivity contribution in [3.8, 4) is 11.1 Å². The molecule has 0 aromatic carbocycles. The predicted octanol–water partition coefficient (Wildman–Crippen LogP) is 3.85. The lowest BCUT2D eigenvalue weighted by Gasteiger charge is -2.10. The van der Waals surface area contributed by atoms with Crippen molar-refractivity contribution in [2.24, 2.45) is 0 Å². The monoisotopic (exact) mass is 253 g/mol. The van der Waals surface area contributed by atoms with Gasteiger partial charge in [0.05, 0.1) is 0 Å². The first kappa shape index (κ1) is 13.3. The Hall–Kier alpha value is -2.16. The normalized spacial score (nSPS) is 11.6. The van der Waals surface area contributed by atoms with Crippen molar-refractivity contribution in [2.75, 3.05) is 5.73 Å². The first-order valence-corrected chi connectivity index (χ1v) is 6.46. The lowest BCUT2D eigenvalue weighted by atomic mass is 9.98. The number of allylic oxidation sites excluding steroid dienone is 1. The van der Waals surface area contributed by atoms with E-state index in [9.17, 15) is 0 Å². The second-order valence-corrected chi connectivity index (χ2v) is 4.67. The molecule has 0 aliphatic heterocycles. The third-order valence-electron chi connectivity index (χ3n) is 3.24. The molecule has 2 aromatic heterocycles. The van der Waals surface area contributed by atoms with Crippen molar-refractivity contribution in [2.45, 2.75) is 27.2 Å². The van der Waals surface area contributed by atoms with Gasteiger partial charge >= 0.3 is 0 Å². The Kier molecular flexibility index (Phi) is 3.95. The highest BCUT2D eigenvalue weighted by Gasteiger charge is 2.07. The summed E-state index contributed by atoms with van der Waals surface area (Å²) in [6.45, 7) is 6.32. The van der Waals surface area contributed by atoms with E-state index in [1.807, 2.05) is 37.5 Å². The summed E-state index contributed by atoms with van der Waals surface area (Å²) in [7, 11) is 0. The van der Waals surface area contributed by atoms with Crippen LogP contribution in [0.3, 0.4) is 0 Å². The highest BCUT2D eigenvalue weighted by Crippen LogP contribution is 2.27. The topological polar surface area (TPSA) is 51.8 Å². The zero-order valence-corrected chi connectivity index (χ0v) is 11.6. The van der Waals surface area contributed by atoms with Crippen LogP contribution in [0.25, 0.3) is 17.2 Å². The van der Waals surface area contributed by atoms with E-state index in [2.05, 4.69) is 29.9 Å². The molecule has 0 unspecified atom stereocenters. The lowest BCUT2D eigenvalue weighted by molar-refractivity contribution is 1.11. The number of anilines is 1. The summed E-state index contributed by atoms with van der Waals surface area (Å²) in [4.78, 5) is 8.54. The maximum Gasteiger partial charge on any atom is 0.123 e. The fourth-order valence-electron chi connectivity index (χ4n) is 1.92. The standard InChI is InChI=1S/C16H19N3/c1-4-11(2)9-15-12(3)18-8-7-14(15)13-5-6-16(17)19-10-13/h5-10H,4H2,1-3H3,(H2,17,19)/b11-9+. The molecule has 2 aromatic rings. The molecule has 3 heteroatoms. The van der Waals surface area contributed by atoms with E-state index < -0.39 is 0 Å². The van der Waals surface area contributed by atoms with Gasteiger partial charge in [0.15, 0.2) is 0 Å². The molecule has 0 atom stereocenters. The second kappa shape index (κ2) is 5.65. The second-order valence-electron chi connectivity index (χ2n) is 4.67. The summed E-state index contributed by atoms with van der Waals surface area (Å²) in [6, 6.07) is 5.84. The number of pyridine rings is 2. The minimum Gasteiger partial charge on any atom is -0.384 e. The van der Waals surface area contributed by atoms with E-state index in [0.717, 1.165) is 28.8 Å². The van der Waals surface area contributed by atoms with Crippen LogP contribution in [0.5, 0.6) is 0 Å². The number of nitrogens with zero attached hydrogens (tertiary/aromatic N) is 2. The molecule has 98 valence electrons. The predicted molar refractivity (Wildman–Crippen MR) is 80.6 cm³/mol. The number of aryl methyl sites for hydroxylation is 1. The lowest BCUT2D eigenvalue weighted by Crippen LogP contribution is -1.94. The van der Waals surface area contributed by atoms with Gasteiger partial charge in [0, 0.05) is 29.2 Å². The average molecular weight is 253 g/mol. The zero-order valence-electron chi connectivity index (χ0n) is 11.6. The third-order valence-corrected chi connectivity index (χ3v) is 3.24. The Balaban J connectivity index is 2.57. The van der Waals surface area contributed by atoms with Crippen LogP contribution in [0, 0.1) is 6.92 Å². The average Bonchev–Trinajstić information content (AvgIpc) is 2.42. The molecular formula is C16H19N3. The van der Waals surface area contributed by atoms with Crippen LogP contribution in [-0.2, 0) is 0 Å². The number of rotatable bonds is 3. The maximum atomic E-state index is 5.64. The Morgan fingerprint density at radius 2 is 2.05 bits per heavy atom. The smallest absolute Gasteiger partial charge is 0.123 e. The van der Waals surface area contributed by atoms with E-state index in [1.54, 1.807) is 0 Å². The Bertz CT molecular complexity index is 598. The zero-order chi connectivity index (χ0) is 13.8. The largest absolute Gasteiger partial charge is 0.384 e. The van der Waals surface area contributed by atoms with Crippen LogP contribution in [0.1, 0.15) is 31.5 Å². The first-order valence-electron chi connectivity index (χ1n) is 6.46. The van der Waals surface area contributed by atoms with Gasteiger partial charge in [-0.2, -0.15) is 0 Å². The van der Waals surface area contributed by atoms with E-state index in [1.165, 1.54) is 5.57 Å². The highest BCUT2D eigenvalue weighted by molar-refractivity contribution is 5.76. The quantitative estimate of drug-likeness (QED) is 0.904. The number of nitrogens with two attached hydrogens (primary N) is 1. The van der Waals surface area contributed by atoms with Crippen molar-refractivity contribution in [3.63, 3.8) is 0 Å². The van der Waals surface area contributed by atoms with Gasteiger partial charge < -0.3 is 5.73 Å². The molecule has 0 fully saturated rings. The van der Waals surface area contributed by atoms with E-state index in [0.29, 0.717) is 5.82 Å². The SMILES string of the molecule is CC/C(C)=C/c1c(-c2ccc(N)nc2)ccnc1C. The Morgan fingerprint density at radius 3 is 2.68 bits per heavy atom. The summed E-state index contributed by atoms with van der Waals surface area (Å²) in [6.07, 6.45) is 6.88. The summed E-state index contributed by atoms with van der Waals surface area (Å²) >= 11 is 0. The van der Waals surface area contributed by atoms with Crippen molar-refractivity contribution in [1.29, 1.82) is 0 Å². The van der Waals surface area contributed by atoms with Crippen LogP contribution in [0.2, 0.25) is 0 Å². The van der Waals surface area contributed by atoms with Crippen LogP contribution in [0.15, 0.2) is 36.2 Å². The van der Waals surface area contributed by atoms with Crippen LogP contribution < -0.4 is 5.73 Å². The Morgan fingerprint density at radius 1 is 1.26 bits per heavy atom.